The zero-order valence-corrected chi connectivity index (χ0v) is 24.4. The van der Waals surface area contributed by atoms with E-state index in [2.05, 4.69) is 25.9 Å². The van der Waals surface area contributed by atoms with Crippen LogP contribution in [0.2, 0.25) is 0 Å². The summed E-state index contributed by atoms with van der Waals surface area (Å²) in [6.07, 6.45) is 0.603. The first-order chi connectivity index (χ1) is 21.4. The van der Waals surface area contributed by atoms with E-state index in [9.17, 15) is 9.59 Å². The average molecular weight is 591 g/mol. The fourth-order valence-electron chi connectivity index (χ4n) is 4.52. The molecule has 0 saturated carbocycles. The van der Waals surface area contributed by atoms with Crippen LogP contribution in [0.1, 0.15) is 39.3 Å². The van der Waals surface area contributed by atoms with Gasteiger partial charge in [-0.15, -0.1) is 0 Å². The van der Waals surface area contributed by atoms with Gasteiger partial charge < -0.3 is 22.5 Å². The molecule has 1 unspecified atom stereocenters. The molecule has 0 spiro atoms. The monoisotopic (exact) mass is 590 g/mol. The van der Waals surface area contributed by atoms with Crippen molar-refractivity contribution < 1.29 is 9.59 Å². The highest BCUT2D eigenvalue weighted by Crippen LogP contribution is 2.21. The van der Waals surface area contributed by atoms with Crippen LogP contribution in [0.25, 0.3) is 0 Å². The molecular formula is C34H38N8O2. The number of nitrogens with two attached hydrogens (primary N) is 3. The van der Waals surface area contributed by atoms with Crippen molar-refractivity contribution in [3.8, 4) is 0 Å². The van der Waals surface area contributed by atoms with Crippen LogP contribution in [0, 0.1) is 0 Å². The normalized spacial score (nSPS) is 12.3. The second-order valence-electron chi connectivity index (χ2n) is 10.2. The summed E-state index contributed by atoms with van der Waals surface area (Å²) in [4.78, 5) is 34.0. The van der Waals surface area contributed by atoms with Crippen LogP contribution in [-0.2, 0) is 37.4 Å². The first kappa shape index (κ1) is 31.5. The minimum Gasteiger partial charge on any atom is -0.370 e. The summed E-state index contributed by atoms with van der Waals surface area (Å²) in [5.41, 5.74) is 23.1. The highest BCUT2D eigenvalue weighted by molar-refractivity contribution is 6.03. The maximum atomic E-state index is 13.3. The summed E-state index contributed by atoms with van der Waals surface area (Å²) in [5.74, 6) is -0.482. The second kappa shape index (κ2) is 16.2. The van der Waals surface area contributed by atoms with E-state index in [0.717, 1.165) is 33.4 Å². The molecule has 0 aromatic heterocycles. The van der Waals surface area contributed by atoms with Gasteiger partial charge in [0.1, 0.15) is 0 Å². The Balaban J connectivity index is 1.27. The smallest absolute Gasteiger partial charge is 0.328 e. The Morgan fingerprint density at radius 3 is 1.82 bits per heavy atom. The summed E-state index contributed by atoms with van der Waals surface area (Å²) < 4.78 is 0. The van der Waals surface area contributed by atoms with Crippen molar-refractivity contribution in [2.24, 2.45) is 27.2 Å². The van der Waals surface area contributed by atoms with Gasteiger partial charge in [-0.3, -0.25) is 15.4 Å². The van der Waals surface area contributed by atoms with Crippen LogP contribution in [-0.4, -0.2) is 23.9 Å². The fourth-order valence-corrected chi connectivity index (χ4v) is 4.52. The first-order valence-electron chi connectivity index (χ1n) is 14.3. The van der Waals surface area contributed by atoms with Crippen LogP contribution in [0.15, 0.2) is 119 Å². The quantitative estimate of drug-likeness (QED) is 0.116. The molecule has 1 atom stereocenters. The average Bonchev–Trinajstić information content (AvgIpc) is 3.05. The third-order valence-electron chi connectivity index (χ3n) is 6.87. The number of benzene rings is 4. The van der Waals surface area contributed by atoms with Crippen LogP contribution in [0.3, 0.4) is 0 Å². The first-order valence-corrected chi connectivity index (χ1v) is 14.3. The van der Waals surface area contributed by atoms with Gasteiger partial charge in [-0.1, -0.05) is 109 Å². The van der Waals surface area contributed by atoms with E-state index in [0.29, 0.717) is 26.1 Å². The lowest BCUT2D eigenvalue weighted by molar-refractivity contribution is -0.122. The van der Waals surface area contributed by atoms with Crippen LogP contribution in [0.4, 0.5) is 4.79 Å². The number of carbonyl (C=O) groups is 2. The number of aliphatic imine (C=N–C) groups is 2. The number of nitrogens with one attached hydrogen (secondary N) is 3. The van der Waals surface area contributed by atoms with Gasteiger partial charge in [0.15, 0.2) is 11.9 Å². The molecule has 10 nitrogen and oxygen atoms in total. The Bertz CT molecular complexity index is 1570. The van der Waals surface area contributed by atoms with Crippen LogP contribution < -0.4 is 33.2 Å². The van der Waals surface area contributed by atoms with Crippen LogP contribution in [0.5, 0.6) is 0 Å². The van der Waals surface area contributed by atoms with Crippen molar-refractivity contribution >= 4 is 23.9 Å². The number of carbonyl (C=O) groups excluding carboxylic acids is 2. The summed E-state index contributed by atoms with van der Waals surface area (Å²) in [6.45, 7) is 1.36. The number of guanidine groups is 2. The number of urea groups is 1. The molecular weight excluding hydrogens is 552 g/mol. The predicted molar refractivity (Wildman–Crippen MR) is 174 cm³/mol. The van der Waals surface area contributed by atoms with E-state index in [1.165, 1.54) is 0 Å². The minimum atomic E-state index is -0.647. The Morgan fingerprint density at radius 1 is 0.636 bits per heavy atom. The van der Waals surface area contributed by atoms with E-state index < -0.39 is 6.03 Å². The molecule has 3 amide bonds. The zero-order chi connectivity index (χ0) is 31.1. The maximum Gasteiger partial charge on any atom is 0.328 e. The van der Waals surface area contributed by atoms with Crippen molar-refractivity contribution in [1.82, 2.24) is 16.0 Å². The lowest BCUT2D eigenvalue weighted by Crippen LogP contribution is -2.48. The molecule has 0 aliphatic carbocycles. The zero-order valence-electron chi connectivity index (χ0n) is 24.4. The molecule has 0 aliphatic heterocycles. The van der Waals surface area contributed by atoms with E-state index in [1.807, 2.05) is 109 Å². The molecule has 0 bridgehead atoms. The third-order valence-corrected chi connectivity index (χ3v) is 6.87. The number of amides is 3. The summed E-state index contributed by atoms with van der Waals surface area (Å²) in [5, 5.41) is 7.96. The Morgan fingerprint density at radius 2 is 1.18 bits per heavy atom. The lowest BCUT2D eigenvalue weighted by Gasteiger charge is -2.18. The summed E-state index contributed by atoms with van der Waals surface area (Å²) in [6, 6.07) is 34.4. The Kier molecular flexibility index (Phi) is 11.6. The van der Waals surface area contributed by atoms with Gasteiger partial charge in [-0.05, 0) is 39.8 Å². The topological polar surface area (TPSA) is 173 Å². The molecule has 4 aromatic rings. The van der Waals surface area contributed by atoms with Gasteiger partial charge in [-0.25, -0.2) is 14.8 Å². The Hall–Kier alpha value is -5.48. The van der Waals surface area contributed by atoms with Crippen molar-refractivity contribution in [3.05, 3.63) is 143 Å². The number of nitrogens with zero attached hydrogens (tertiary/aromatic N) is 2. The van der Waals surface area contributed by atoms with Gasteiger partial charge in [0.05, 0.1) is 19.0 Å². The van der Waals surface area contributed by atoms with Crippen molar-refractivity contribution in [3.63, 3.8) is 0 Å². The molecule has 226 valence electrons. The Labute approximate surface area is 257 Å². The van der Waals surface area contributed by atoms with Crippen molar-refractivity contribution in [2.75, 3.05) is 0 Å². The molecule has 4 aromatic carbocycles. The van der Waals surface area contributed by atoms with Gasteiger partial charge >= 0.3 is 6.03 Å². The molecule has 9 N–H and O–H groups in total. The molecule has 10 heteroatoms. The van der Waals surface area contributed by atoms with E-state index in [4.69, 9.17) is 17.2 Å². The number of hydrogen-bond donors (Lipinski definition) is 6. The van der Waals surface area contributed by atoms with E-state index in [1.54, 1.807) is 0 Å². The van der Waals surface area contributed by atoms with Gasteiger partial charge in [0, 0.05) is 13.1 Å². The van der Waals surface area contributed by atoms with Crippen molar-refractivity contribution in [2.45, 2.75) is 38.5 Å². The lowest BCUT2D eigenvalue weighted by atomic mass is 9.91. The number of rotatable bonds is 11. The molecule has 0 saturated heterocycles. The highest BCUT2D eigenvalue weighted by atomic mass is 16.2. The molecule has 0 aliphatic rings. The fraction of sp³-hybridized carbons (Fsp3) is 0.176. The van der Waals surface area contributed by atoms with Gasteiger partial charge in [0.25, 0.3) is 0 Å². The summed E-state index contributed by atoms with van der Waals surface area (Å²) in [7, 11) is 0. The van der Waals surface area contributed by atoms with Crippen molar-refractivity contribution in [1.29, 1.82) is 0 Å². The third kappa shape index (κ3) is 10.1. The summed E-state index contributed by atoms with van der Waals surface area (Å²) >= 11 is 0. The predicted octanol–water partition coefficient (Wildman–Crippen LogP) is 3.42. The van der Waals surface area contributed by atoms with E-state index >= 15 is 0 Å². The molecule has 0 fully saturated rings. The minimum absolute atomic E-state index is 0.0461. The highest BCUT2D eigenvalue weighted by Gasteiger charge is 2.21. The SMILES string of the molecule is NCc1ccc(CN=C(N)NC(=O)NC(N)=NCc2cccc(CNC(=O)C(Cc3ccccc3)c3ccccc3)c2)cc1. The maximum absolute atomic E-state index is 13.3. The number of hydrogen-bond acceptors (Lipinski definition) is 5. The molecule has 0 radical (unpaired) electrons. The molecule has 4 rings (SSSR count). The van der Waals surface area contributed by atoms with Gasteiger partial charge in [-0.2, -0.15) is 0 Å². The van der Waals surface area contributed by atoms with E-state index in [-0.39, 0.29) is 30.3 Å². The molecule has 44 heavy (non-hydrogen) atoms. The second-order valence-corrected chi connectivity index (χ2v) is 10.2. The molecule has 0 heterocycles. The van der Waals surface area contributed by atoms with Crippen LogP contribution >= 0.6 is 0 Å². The largest absolute Gasteiger partial charge is 0.370 e. The van der Waals surface area contributed by atoms with Gasteiger partial charge in [0.2, 0.25) is 5.91 Å². The standard InChI is InChI=1S/C34H38N8O2/c35-20-25-14-16-26(17-15-25)21-39-32(36)41-34(44)42-33(37)40-23-28-11-7-10-27(18-28)22-38-31(43)30(29-12-5-2-6-13-29)19-24-8-3-1-4-9-24/h1-18,30H,19-23,35H2,(H,38,43)(H6,36,37,39,40,41,42,44).